The number of hydrogen-bond acceptors (Lipinski definition) is 6. The number of aliphatic imine (C=N–C) groups is 1. The van der Waals surface area contributed by atoms with Gasteiger partial charge in [0.25, 0.3) is 0 Å². The average Bonchev–Trinajstić information content (AvgIpc) is 3.45. The standard InChI is InChI=1S/C31H34N2O5S/c1-7-37-23-13-18-15-30(3,4)33-27(25(18)22-16-31(5,6)38-28(22)23)20-10-11-21(29(35)36)26(17(20)2)32-24(34)14-19-9-8-12-39-19/h8-13H,7,14-16H2,1-6H3,(H,32,34)(H,35,36). The van der Waals surface area contributed by atoms with Gasteiger partial charge in [0.2, 0.25) is 5.91 Å². The minimum absolute atomic E-state index is 0.0491. The number of thiophene rings is 1. The molecular weight excluding hydrogens is 512 g/mol. The van der Waals surface area contributed by atoms with E-state index < -0.39 is 17.1 Å². The molecule has 1 amide bonds. The largest absolute Gasteiger partial charge is 0.490 e. The van der Waals surface area contributed by atoms with E-state index in [0.717, 1.165) is 50.8 Å². The Kier molecular flexibility index (Phi) is 6.79. The van der Waals surface area contributed by atoms with Gasteiger partial charge in [0.1, 0.15) is 5.60 Å². The fourth-order valence-electron chi connectivity index (χ4n) is 5.59. The Labute approximate surface area is 232 Å². The number of ether oxygens (including phenoxy) is 2. The number of aromatic carboxylic acids is 1. The van der Waals surface area contributed by atoms with Crippen LogP contribution in [0.4, 0.5) is 5.69 Å². The Balaban J connectivity index is 1.67. The highest BCUT2D eigenvalue weighted by atomic mass is 32.1. The first-order valence-corrected chi connectivity index (χ1v) is 14.1. The number of hydrogen-bond donors (Lipinski definition) is 2. The average molecular weight is 547 g/mol. The predicted molar refractivity (Wildman–Crippen MR) is 154 cm³/mol. The van der Waals surface area contributed by atoms with Gasteiger partial charge in [0.05, 0.1) is 35.5 Å². The van der Waals surface area contributed by atoms with Crippen LogP contribution in [0.25, 0.3) is 0 Å². The second-order valence-electron chi connectivity index (χ2n) is 11.4. The van der Waals surface area contributed by atoms with E-state index >= 15 is 0 Å². The lowest BCUT2D eigenvalue weighted by molar-refractivity contribution is -0.115. The molecule has 0 saturated carbocycles. The number of anilines is 1. The number of nitrogens with one attached hydrogen (secondary N) is 1. The number of amides is 1. The van der Waals surface area contributed by atoms with Gasteiger partial charge in [0, 0.05) is 28.0 Å². The lowest BCUT2D eigenvalue weighted by Gasteiger charge is -2.32. The molecule has 7 nitrogen and oxygen atoms in total. The zero-order valence-electron chi connectivity index (χ0n) is 23.2. The lowest BCUT2D eigenvalue weighted by atomic mass is 9.80. The van der Waals surface area contributed by atoms with E-state index in [9.17, 15) is 14.7 Å². The molecule has 3 aromatic rings. The van der Waals surface area contributed by atoms with Gasteiger partial charge in [-0.2, -0.15) is 0 Å². The summed E-state index contributed by atoms with van der Waals surface area (Å²) in [6.45, 7) is 12.7. The van der Waals surface area contributed by atoms with Gasteiger partial charge in [0.15, 0.2) is 11.5 Å². The summed E-state index contributed by atoms with van der Waals surface area (Å²) in [5.41, 5.74) is 4.99. The molecule has 2 aromatic carbocycles. The predicted octanol–water partition coefficient (Wildman–Crippen LogP) is 6.22. The summed E-state index contributed by atoms with van der Waals surface area (Å²) in [5.74, 6) is 0.134. The van der Waals surface area contributed by atoms with Crippen molar-refractivity contribution in [3.05, 3.63) is 74.0 Å². The molecule has 2 N–H and O–H groups in total. The molecule has 0 radical (unpaired) electrons. The third kappa shape index (κ3) is 5.17. The van der Waals surface area contributed by atoms with E-state index in [0.29, 0.717) is 24.3 Å². The highest BCUT2D eigenvalue weighted by Gasteiger charge is 2.40. The van der Waals surface area contributed by atoms with E-state index in [4.69, 9.17) is 14.5 Å². The molecule has 5 rings (SSSR count). The molecule has 0 atom stereocenters. The lowest BCUT2D eigenvalue weighted by Crippen LogP contribution is -2.31. The highest BCUT2D eigenvalue weighted by Crippen LogP contribution is 2.48. The van der Waals surface area contributed by atoms with Gasteiger partial charge < -0.3 is 19.9 Å². The van der Waals surface area contributed by atoms with Crippen LogP contribution in [0.2, 0.25) is 0 Å². The van der Waals surface area contributed by atoms with Crippen LogP contribution in [0.5, 0.6) is 11.5 Å². The number of nitrogens with zero attached hydrogens (tertiary/aromatic N) is 1. The van der Waals surface area contributed by atoms with Crippen molar-refractivity contribution in [3.8, 4) is 11.5 Å². The zero-order valence-corrected chi connectivity index (χ0v) is 24.0. The van der Waals surface area contributed by atoms with Gasteiger partial charge in [-0.25, -0.2) is 4.79 Å². The molecule has 3 heterocycles. The summed E-state index contributed by atoms with van der Waals surface area (Å²) in [5, 5.41) is 14.8. The Bertz CT molecular complexity index is 1500. The molecular formula is C31H34N2O5S. The first kappa shape index (κ1) is 26.9. The van der Waals surface area contributed by atoms with E-state index in [1.807, 2.05) is 37.4 Å². The summed E-state index contributed by atoms with van der Waals surface area (Å²) in [6.07, 6.45) is 1.61. The van der Waals surface area contributed by atoms with Crippen LogP contribution < -0.4 is 14.8 Å². The maximum atomic E-state index is 13.0. The van der Waals surface area contributed by atoms with Crippen molar-refractivity contribution in [2.24, 2.45) is 4.99 Å². The molecule has 2 aliphatic rings. The molecule has 204 valence electrons. The van der Waals surface area contributed by atoms with E-state index in [1.165, 1.54) is 11.3 Å². The molecule has 0 fully saturated rings. The molecule has 2 aliphatic heterocycles. The van der Waals surface area contributed by atoms with Crippen LogP contribution in [-0.2, 0) is 24.1 Å². The van der Waals surface area contributed by atoms with Crippen molar-refractivity contribution in [1.82, 2.24) is 0 Å². The SMILES string of the molecule is CCOc1cc2c(c3c1OC(C)(C)C3)C(c1ccc(C(=O)O)c(NC(=O)Cc3cccs3)c1C)=NC(C)(C)C2. The van der Waals surface area contributed by atoms with Crippen LogP contribution in [0.1, 0.15) is 77.7 Å². The van der Waals surface area contributed by atoms with Gasteiger partial charge in [-0.1, -0.05) is 12.1 Å². The van der Waals surface area contributed by atoms with Crippen molar-refractivity contribution < 1.29 is 24.2 Å². The van der Waals surface area contributed by atoms with Gasteiger partial charge >= 0.3 is 5.97 Å². The van der Waals surface area contributed by atoms with E-state index in [1.54, 1.807) is 6.07 Å². The normalized spacial score (nSPS) is 16.5. The number of fused-ring (bicyclic) bond motifs is 3. The molecule has 39 heavy (non-hydrogen) atoms. The van der Waals surface area contributed by atoms with Gasteiger partial charge in [-0.3, -0.25) is 9.79 Å². The molecule has 0 aliphatic carbocycles. The number of benzene rings is 2. The number of rotatable bonds is 7. The van der Waals surface area contributed by atoms with E-state index in [2.05, 4.69) is 39.1 Å². The number of carboxylic acids is 1. The summed E-state index contributed by atoms with van der Waals surface area (Å²) >= 11 is 1.49. The number of carboxylic acid groups (broad SMARTS) is 1. The van der Waals surface area contributed by atoms with E-state index in [-0.39, 0.29) is 17.9 Å². The van der Waals surface area contributed by atoms with Crippen LogP contribution in [-0.4, -0.2) is 40.4 Å². The summed E-state index contributed by atoms with van der Waals surface area (Å²) in [7, 11) is 0. The van der Waals surface area contributed by atoms with Crippen molar-refractivity contribution in [1.29, 1.82) is 0 Å². The molecule has 0 saturated heterocycles. The third-order valence-corrected chi connectivity index (χ3v) is 7.99. The van der Waals surface area contributed by atoms with Crippen LogP contribution in [0, 0.1) is 6.92 Å². The second-order valence-corrected chi connectivity index (χ2v) is 12.4. The summed E-state index contributed by atoms with van der Waals surface area (Å²) in [4.78, 5) is 31.3. The maximum absolute atomic E-state index is 13.0. The number of carbonyl (C=O) groups is 2. The highest BCUT2D eigenvalue weighted by molar-refractivity contribution is 7.10. The molecule has 0 spiro atoms. The minimum atomic E-state index is -1.10. The Morgan fingerprint density at radius 1 is 1.18 bits per heavy atom. The molecule has 0 unspecified atom stereocenters. The number of carbonyl (C=O) groups excluding carboxylic acids is 1. The molecule has 0 bridgehead atoms. The second kappa shape index (κ2) is 9.83. The molecule has 8 heteroatoms. The summed E-state index contributed by atoms with van der Waals surface area (Å²) in [6, 6.07) is 9.22. The van der Waals surface area contributed by atoms with Crippen molar-refractivity contribution in [3.63, 3.8) is 0 Å². The van der Waals surface area contributed by atoms with Crippen molar-refractivity contribution in [2.75, 3.05) is 11.9 Å². The monoisotopic (exact) mass is 546 g/mol. The van der Waals surface area contributed by atoms with Crippen LogP contribution in [0.3, 0.4) is 0 Å². The fourth-order valence-corrected chi connectivity index (χ4v) is 6.29. The smallest absolute Gasteiger partial charge is 0.337 e. The Hall–Kier alpha value is -3.65. The minimum Gasteiger partial charge on any atom is -0.490 e. The third-order valence-electron chi connectivity index (χ3n) is 7.11. The first-order chi connectivity index (χ1) is 18.4. The van der Waals surface area contributed by atoms with Crippen LogP contribution >= 0.6 is 11.3 Å². The Morgan fingerprint density at radius 3 is 2.62 bits per heavy atom. The molecule has 1 aromatic heterocycles. The van der Waals surface area contributed by atoms with Crippen molar-refractivity contribution >= 4 is 34.6 Å². The van der Waals surface area contributed by atoms with Gasteiger partial charge in [-0.05, 0) is 82.7 Å². The topological polar surface area (TPSA) is 97.2 Å². The van der Waals surface area contributed by atoms with Gasteiger partial charge in [-0.15, -0.1) is 11.3 Å². The van der Waals surface area contributed by atoms with Crippen LogP contribution in [0.15, 0.2) is 40.7 Å². The Morgan fingerprint density at radius 2 is 1.95 bits per heavy atom. The summed E-state index contributed by atoms with van der Waals surface area (Å²) < 4.78 is 12.4. The maximum Gasteiger partial charge on any atom is 0.337 e. The van der Waals surface area contributed by atoms with Crippen molar-refractivity contribution in [2.45, 2.75) is 71.9 Å². The zero-order chi connectivity index (χ0) is 28.1. The fraction of sp³-hybridized carbons (Fsp3) is 0.387. The first-order valence-electron chi connectivity index (χ1n) is 13.2. The quantitative estimate of drug-likeness (QED) is 0.367.